The fourth-order valence-corrected chi connectivity index (χ4v) is 2.27. The third-order valence-electron chi connectivity index (χ3n) is 2.85. The highest BCUT2D eigenvalue weighted by atomic mass is 16.7. The Morgan fingerprint density at radius 2 is 2.58 bits per heavy atom. The minimum atomic E-state index is -0.0201. The largest absolute Gasteiger partial charge is 0.390 e. The van der Waals surface area contributed by atoms with Crippen molar-refractivity contribution >= 4 is 5.71 Å². The Hall–Kier alpha value is -0.650. The molecular formula is C7H10N2O3. The first kappa shape index (κ1) is 6.82. The van der Waals surface area contributed by atoms with Gasteiger partial charge >= 0.3 is 0 Å². The molecule has 3 aliphatic rings. The minimum absolute atomic E-state index is 0.0201. The van der Waals surface area contributed by atoms with Crippen LogP contribution in [-0.4, -0.2) is 35.7 Å². The number of hydroxylamine groups is 1. The number of nitrogens with zero attached hydrogens (tertiary/aromatic N) is 1. The summed E-state index contributed by atoms with van der Waals surface area (Å²) in [5.41, 5.74) is 3.62. The maximum Gasteiger partial charge on any atom is 0.155 e. The third-order valence-corrected chi connectivity index (χ3v) is 2.85. The lowest BCUT2D eigenvalue weighted by Gasteiger charge is -2.23. The Morgan fingerprint density at radius 3 is 3.42 bits per heavy atom. The van der Waals surface area contributed by atoms with E-state index in [1.54, 1.807) is 0 Å². The summed E-state index contributed by atoms with van der Waals surface area (Å²) in [6.45, 7) is -0.0201. The number of oxime groups is 1. The second-order valence-electron chi connectivity index (χ2n) is 3.45. The number of nitrogens with one attached hydrogen (secondary N) is 1. The van der Waals surface area contributed by atoms with Gasteiger partial charge in [-0.25, -0.2) is 0 Å². The molecule has 0 aromatic carbocycles. The normalized spacial score (nSPS) is 48.9. The molecule has 2 aliphatic heterocycles. The molecule has 66 valence electrons. The molecule has 0 radical (unpaired) electrons. The zero-order valence-electron chi connectivity index (χ0n) is 6.43. The van der Waals surface area contributed by atoms with E-state index in [1.807, 2.05) is 0 Å². The van der Waals surface area contributed by atoms with Gasteiger partial charge in [0.15, 0.2) is 6.10 Å². The Kier molecular flexibility index (Phi) is 1.24. The van der Waals surface area contributed by atoms with Crippen LogP contribution in [0.2, 0.25) is 0 Å². The average Bonchev–Trinajstić information content (AvgIpc) is 2.76. The summed E-state index contributed by atoms with van der Waals surface area (Å²) in [5.74, 6) is 0.182. The van der Waals surface area contributed by atoms with E-state index in [1.165, 1.54) is 0 Å². The standard InChI is InChI=1S/C7H10N2O3/c10-2-4-6-5-1-3(8-11-5)7(6)12-9-4/h3,5-8,10H,1-2H2/t3-,5+,6-,7+/m1/s1. The molecule has 1 aliphatic carbocycles. The van der Waals surface area contributed by atoms with Crippen LogP contribution in [0, 0.1) is 5.92 Å². The topological polar surface area (TPSA) is 63.1 Å². The monoisotopic (exact) mass is 170 g/mol. The number of rotatable bonds is 1. The molecule has 0 amide bonds. The molecule has 3 rings (SSSR count). The van der Waals surface area contributed by atoms with E-state index in [-0.39, 0.29) is 30.8 Å². The van der Waals surface area contributed by atoms with Crippen molar-refractivity contribution < 1.29 is 14.8 Å². The Bertz CT molecular complexity index is 243. The van der Waals surface area contributed by atoms with Gasteiger partial charge in [0.2, 0.25) is 0 Å². The van der Waals surface area contributed by atoms with Crippen LogP contribution in [0.4, 0.5) is 0 Å². The zero-order valence-corrected chi connectivity index (χ0v) is 6.43. The fourth-order valence-electron chi connectivity index (χ4n) is 2.27. The van der Waals surface area contributed by atoms with E-state index in [0.29, 0.717) is 0 Å². The van der Waals surface area contributed by atoms with Crippen molar-refractivity contribution in [1.82, 2.24) is 5.48 Å². The van der Waals surface area contributed by atoms with Gasteiger partial charge in [0.1, 0.15) is 0 Å². The van der Waals surface area contributed by atoms with E-state index >= 15 is 0 Å². The summed E-state index contributed by atoms with van der Waals surface area (Å²) in [7, 11) is 0. The maximum atomic E-state index is 8.95. The van der Waals surface area contributed by atoms with Crippen LogP contribution in [0.5, 0.6) is 0 Å². The van der Waals surface area contributed by atoms with Crippen molar-refractivity contribution in [3.05, 3.63) is 0 Å². The fraction of sp³-hybridized carbons (Fsp3) is 0.857. The first-order chi connectivity index (χ1) is 5.90. The zero-order chi connectivity index (χ0) is 8.13. The maximum absolute atomic E-state index is 8.95. The van der Waals surface area contributed by atoms with Gasteiger partial charge in [-0.05, 0) is 6.42 Å². The predicted molar refractivity (Wildman–Crippen MR) is 39.3 cm³/mol. The third kappa shape index (κ3) is 0.663. The lowest BCUT2D eigenvalue weighted by molar-refractivity contribution is -0.0771. The van der Waals surface area contributed by atoms with Crippen molar-refractivity contribution in [2.45, 2.75) is 24.7 Å². The number of hydrogen-bond donors (Lipinski definition) is 2. The van der Waals surface area contributed by atoms with Crippen molar-refractivity contribution in [1.29, 1.82) is 0 Å². The van der Waals surface area contributed by atoms with Gasteiger partial charge in [0.25, 0.3) is 0 Å². The molecule has 5 nitrogen and oxygen atoms in total. The molecule has 4 atom stereocenters. The first-order valence-corrected chi connectivity index (χ1v) is 4.15. The Labute approximate surface area is 69.3 Å². The van der Waals surface area contributed by atoms with E-state index in [2.05, 4.69) is 10.6 Å². The molecule has 0 unspecified atom stereocenters. The number of aliphatic hydroxyl groups excluding tert-OH is 1. The van der Waals surface area contributed by atoms with E-state index in [0.717, 1.165) is 12.1 Å². The highest BCUT2D eigenvalue weighted by molar-refractivity contribution is 5.90. The van der Waals surface area contributed by atoms with Crippen LogP contribution in [-0.2, 0) is 9.68 Å². The SMILES string of the molecule is OCC1=NO[C@@H]2[C@H]1[C@@H]1C[C@H]2NO1. The first-order valence-electron chi connectivity index (χ1n) is 4.15. The van der Waals surface area contributed by atoms with Gasteiger partial charge < -0.3 is 9.94 Å². The molecule has 5 heteroatoms. The van der Waals surface area contributed by atoms with Crippen LogP contribution < -0.4 is 5.48 Å². The van der Waals surface area contributed by atoms with Crippen molar-refractivity contribution in [2.75, 3.05) is 6.61 Å². The smallest absolute Gasteiger partial charge is 0.155 e. The second kappa shape index (κ2) is 2.18. The Morgan fingerprint density at radius 1 is 1.67 bits per heavy atom. The van der Waals surface area contributed by atoms with Gasteiger partial charge in [-0.2, -0.15) is 5.48 Å². The average molecular weight is 170 g/mol. The van der Waals surface area contributed by atoms with Crippen LogP contribution in [0.1, 0.15) is 6.42 Å². The number of hydrogen-bond acceptors (Lipinski definition) is 5. The summed E-state index contributed by atoms with van der Waals surface area (Å²) in [4.78, 5) is 10.5. The van der Waals surface area contributed by atoms with Crippen LogP contribution in [0.25, 0.3) is 0 Å². The molecular weight excluding hydrogens is 160 g/mol. The van der Waals surface area contributed by atoms with Gasteiger partial charge in [0.05, 0.1) is 30.4 Å². The molecule has 0 spiro atoms. The quantitative estimate of drug-likeness (QED) is 0.531. The number of aliphatic hydroxyl groups is 1. The van der Waals surface area contributed by atoms with Crippen LogP contribution in [0.3, 0.4) is 0 Å². The summed E-state index contributed by atoms with van der Waals surface area (Å²) in [5, 5.41) is 12.8. The summed E-state index contributed by atoms with van der Waals surface area (Å²) in [6.07, 6.45) is 1.20. The number of fused-ring (bicyclic) bond motifs is 5. The molecule has 12 heavy (non-hydrogen) atoms. The summed E-state index contributed by atoms with van der Waals surface area (Å²) >= 11 is 0. The summed E-state index contributed by atoms with van der Waals surface area (Å²) in [6, 6.07) is 0.257. The van der Waals surface area contributed by atoms with E-state index < -0.39 is 0 Å². The van der Waals surface area contributed by atoms with Crippen molar-refractivity contribution in [3.8, 4) is 0 Å². The van der Waals surface area contributed by atoms with Gasteiger partial charge in [0, 0.05) is 0 Å². The lowest BCUT2D eigenvalue weighted by atomic mass is 9.98. The second-order valence-corrected chi connectivity index (χ2v) is 3.45. The molecule has 2 N–H and O–H groups in total. The van der Waals surface area contributed by atoms with E-state index in [9.17, 15) is 0 Å². The van der Waals surface area contributed by atoms with Gasteiger partial charge in [-0.1, -0.05) is 5.16 Å². The minimum Gasteiger partial charge on any atom is -0.390 e. The Balaban J connectivity index is 1.90. The van der Waals surface area contributed by atoms with Gasteiger partial charge in [-0.3, -0.25) is 4.84 Å². The highest BCUT2D eigenvalue weighted by Crippen LogP contribution is 2.39. The summed E-state index contributed by atoms with van der Waals surface area (Å²) < 4.78 is 0. The van der Waals surface area contributed by atoms with Crippen LogP contribution in [0.15, 0.2) is 5.16 Å². The molecule has 2 bridgehead atoms. The van der Waals surface area contributed by atoms with Crippen molar-refractivity contribution in [2.24, 2.45) is 11.1 Å². The molecule has 0 aromatic rings. The van der Waals surface area contributed by atoms with Crippen molar-refractivity contribution in [3.63, 3.8) is 0 Å². The molecule has 1 saturated carbocycles. The molecule has 0 aromatic heterocycles. The van der Waals surface area contributed by atoms with E-state index in [4.69, 9.17) is 14.8 Å². The predicted octanol–water partition coefficient (Wildman–Crippen LogP) is -0.975. The molecule has 2 fully saturated rings. The van der Waals surface area contributed by atoms with Gasteiger partial charge in [-0.15, -0.1) is 0 Å². The lowest BCUT2D eigenvalue weighted by Crippen LogP contribution is -2.44. The molecule has 1 saturated heterocycles. The van der Waals surface area contributed by atoms with Crippen LogP contribution >= 0.6 is 0 Å². The highest BCUT2D eigenvalue weighted by Gasteiger charge is 2.55. The molecule has 2 heterocycles.